The third-order valence-electron chi connectivity index (χ3n) is 4.46. The Labute approximate surface area is 128 Å². The lowest BCUT2D eigenvalue weighted by Gasteiger charge is -2.20. The van der Waals surface area contributed by atoms with Crippen LogP contribution in [-0.4, -0.2) is 24.5 Å². The third kappa shape index (κ3) is 11.5. The maximum Gasteiger partial charge on any atom is 0.00355 e. The summed E-state index contributed by atoms with van der Waals surface area (Å²) in [6.07, 6.45) is 12.4. The van der Waals surface area contributed by atoms with Crippen LogP contribution in [0, 0.1) is 5.92 Å². The zero-order chi connectivity index (χ0) is 15.4. The van der Waals surface area contributed by atoms with Crippen molar-refractivity contribution in [2.24, 2.45) is 5.92 Å². The summed E-state index contributed by atoms with van der Waals surface area (Å²) in [5, 5.41) is 0. The molecule has 0 aromatic rings. The van der Waals surface area contributed by atoms with Gasteiger partial charge in [0.05, 0.1) is 0 Å². The molecule has 0 saturated heterocycles. The fourth-order valence-corrected chi connectivity index (χ4v) is 2.32. The van der Waals surface area contributed by atoms with Crippen molar-refractivity contribution in [2.45, 2.75) is 91.5 Å². The van der Waals surface area contributed by atoms with Gasteiger partial charge in [0.15, 0.2) is 0 Å². The van der Waals surface area contributed by atoms with Gasteiger partial charge >= 0.3 is 0 Å². The molecule has 0 aromatic heterocycles. The van der Waals surface area contributed by atoms with Crippen molar-refractivity contribution in [3.63, 3.8) is 0 Å². The molecule has 0 aromatic carbocycles. The van der Waals surface area contributed by atoms with Crippen molar-refractivity contribution in [2.75, 3.05) is 13.6 Å². The molecule has 0 rings (SSSR count). The van der Waals surface area contributed by atoms with Gasteiger partial charge in [-0.15, -0.1) is 0 Å². The highest BCUT2D eigenvalue weighted by Crippen LogP contribution is 2.16. The predicted molar refractivity (Wildman–Crippen MR) is 93.3 cm³/mol. The van der Waals surface area contributed by atoms with E-state index in [-0.39, 0.29) is 0 Å². The molecule has 0 aliphatic heterocycles. The summed E-state index contributed by atoms with van der Waals surface area (Å²) in [6.45, 7) is 14.4. The van der Waals surface area contributed by atoms with E-state index in [0.717, 1.165) is 0 Å². The van der Waals surface area contributed by atoms with Crippen LogP contribution in [0.5, 0.6) is 0 Å². The first kappa shape index (κ1) is 19.7. The van der Waals surface area contributed by atoms with E-state index in [4.69, 9.17) is 0 Å². The quantitative estimate of drug-likeness (QED) is 0.293. The van der Waals surface area contributed by atoms with Gasteiger partial charge in [-0.2, -0.15) is 0 Å². The van der Waals surface area contributed by atoms with Gasteiger partial charge in [-0.1, -0.05) is 64.5 Å². The zero-order valence-electron chi connectivity index (χ0n) is 14.9. The Balaban J connectivity index is 3.19. The van der Waals surface area contributed by atoms with Crippen LogP contribution >= 0.6 is 0 Å². The van der Waals surface area contributed by atoms with Gasteiger partial charge in [-0.05, 0) is 52.6 Å². The van der Waals surface area contributed by atoms with Gasteiger partial charge < -0.3 is 4.90 Å². The Hall–Kier alpha value is -0.300. The molecule has 0 amide bonds. The first-order valence-corrected chi connectivity index (χ1v) is 8.83. The Bertz CT molecular complexity index is 230. The smallest absolute Gasteiger partial charge is 0.00355 e. The van der Waals surface area contributed by atoms with Gasteiger partial charge in [-0.3, -0.25) is 0 Å². The van der Waals surface area contributed by atoms with E-state index in [1.54, 1.807) is 0 Å². The molecule has 0 atom stereocenters. The fraction of sp³-hybridized carbons (Fsp3) is 0.895. The van der Waals surface area contributed by atoms with Crippen LogP contribution in [0.15, 0.2) is 12.2 Å². The summed E-state index contributed by atoms with van der Waals surface area (Å²) in [6, 6.07) is 0.690. The summed E-state index contributed by atoms with van der Waals surface area (Å²) in [7, 11) is 2.23. The van der Waals surface area contributed by atoms with E-state index >= 15 is 0 Å². The molecule has 0 N–H and O–H groups in total. The molecule has 0 aliphatic rings. The minimum absolute atomic E-state index is 0.666. The van der Waals surface area contributed by atoms with Crippen LogP contribution in [-0.2, 0) is 0 Å². The molecule has 0 aliphatic carbocycles. The van der Waals surface area contributed by atoms with E-state index in [9.17, 15) is 0 Å². The first-order valence-electron chi connectivity index (χ1n) is 8.83. The predicted octanol–water partition coefficient (Wildman–Crippen LogP) is 6.05. The number of hydrogen-bond donors (Lipinski definition) is 0. The van der Waals surface area contributed by atoms with Crippen molar-refractivity contribution < 1.29 is 0 Å². The molecular formula is C19H39N. The van der Waals surface area contributed by atoms with Crippen LogP contribution in [0.4, 0.5) is 0 Å². The molecule has 20 heavy (non-hydrogen) atoms. The standard InChI is InChI=1S/C19H39N/c1-17(2)19(5)15-13-11-9-7-8-10-12-14-16-20(6)18(3)4/h17-18H,5,7-16H2,1-4,6H3. The highest BCUT2D eigenvalue weighted by atomic mass is 15.1. The first-order chi connectivity index (χ1) is 9.45. The van der Waals surface area contributed by atoms with Crippen LogP contribution in [0.2, 0.25) is 0 Å². The number of allylic oxidation sites excluding steroid dienone is 1. The van der Waals surface area contributed by atoms with E-state index in [1.165, 1.54) is 69.9 Å². The minimum Gasteiger partial charge on any atom is -0.304 e. The Morgan fingerprint density at radius 3 is 1.70 bits per heavy atom. The molecule has 0 saturated carbocycles. The molecule has 0 bridgehead atoms. The maximum absolute atomic E-state index is 4.14. The van der Waals surface area contributed by atoms with E-state index in [1.807, 2.05) is 0 Å². The minimum atomic E-state index is 0.666. The maximum atomic E-state index is 4.14. The molecular weight excluding hydrogens is 242 g/mol. The Morgan fingerprint density at radius 2 is 1.25 bits per heavy atom. The molecule has 120 valence electrons. The van der Waals surface area contributed by atoms with Gasteiger partial charge in [0.25, 0.3) is 0 Å². The molecule has 0 unspecified atom stereocenters. The summed E-state index contributed by atoms with van der Waals surface area (Å²) in [4.78, 5) is 2.45. The second-order valence-electron chi connectivity index (χ2n) is 6.97. The Morgan fingerprint density at radius 1 is 0.800 bits per heavy atom. The normalized spacial score (nSPS) is 11.8. The van der Waals surface area contributed by atoms with Crippen molar-refractivity contribution in [1.82, 2.24) is 4.90 Å². The van der Waals surface area contributed by atoms with Gasteiger partial charge in [-0.25, -0.2) is 0 Å². The van der Waals surface area contributed by atoms with Crippen LogP contribution < -0.4 is 0 Å². The number of hydrogen-bond acceptors (Lipinski definition) is 1. The molecule has 0 heterocycles. The van der Waals surface area contributed by atoms with Gasteiger partial charge in [0.2, 0.25) is 0 Å². The van der Waals surface area contributed by atoms with Gasteiger partial charge in [0.1, 0.15) is 0 Å². The largest absolute Gasteiger partial charge is 0.304 e. The average molecular weight is 282 g/mol. The lowest BCUT2D eigenvalue weighted by molar-refractivity contribution is 0.267. The van der Waals surface area contributed by atoms with Gasteiger partial charge in [0, 0.05) is 6.04 Å². The molecule has 0 fully saturated rings. The Kier molecular flexibility index (Phi) is 12.3. The summed E-state index contributed by atoms with van der Waals surface area (Å²) < 4.78 is 0. The lowest BCUT2D eigenvalue weighted by Crippen LogP contribution is -2.27. The third-order valence-corrected chi connectivity index (χ3v) is 4.46. The number of rotatable bonds is 13. The highest BCUT2D eigenvalue weighted by Gasteiger charge is 2.02. The summed E-state index contributed by atoms with van der Waals surface area (Å²) >= 11 is 0. The topological polar surface area (TPSA) is 3.24 Å². The van der Waals surface area contributed by atoms with Crippen molar-refractivity contribution in [3.8, 4) is 0 Å². The fourth-order valence-electron chi connectivity index (χ4n) is 2.32. The van der Waals surface area contributed by atoms with Crippen molar-refractivity contribution in [3.05, 3.63) is 12.2 Å². The van der Waals surface area contributed by atoms with Crippen LogP contribution in [0.3, 0.4) is 0 Å². The summed E-state index contributed by atoms with van der Waals surface area (Å²) in [5.41, 5.74) is 1.43. The average Bonchev–Trinajstić information content (AvgIpc) is 2.39. The highest BCUT2D eigenvalue weighted by molar-refractivity contribution is 4.96. The van der Waals surface area contributed by atoms with Crippen molar-refractivity contribution >= 4 is 0 Å². The zero-order valence-corrected chi connectivity index (χ0v) is 14.9. The SMILES string of the molecule is C=C(CCCCCCCCCCN(C)C(C)C)C(C)C. The van der Waals surface area contributed by atoms with Crippen molar-refractivity contribution in [1.29, 1.82) is 0 Å². The monoisotopic (exact) mass is 281 g/mol. The lowest BCUT2D eigenvalue weighted by atomic mass is 9.98. The number of unbranched alkanes of at least 4 members (excludes halogenated alkanes) is 7. The van der Waals surface area contributed by atoms with Crippen LogP contribution in [0.25, 0.3) is 0 Å². The molecule has 1 nitrogen and oxygen atoms in total. The molecule has 1 heteroatoms. The number of nitrogens with zero attached hydrogens (tertiary/aromatic N) is 1. The van der Waals surface area contributed by atoms with E-state index < -0.39 is 0 Å². The summed E-state index contributed by atoms with van der Waals surface area (Å²) in [5.74, 6) is 0.666. The second-order valence-corrected chi connectivity index (χ2v) is 6.97. The molecule has 0 spiro atoms. The molecule has 0 radical (unpaired) electrons. The van der Waals surface area contributed by atoms with E-state index in [0.29, 0.717) is 12.0 Å². The van der Waals surface area contributed by atoms with Crippen LogP contribution in [0.1, 0.15) is 85.5 Å². The second kappa shape index (κ2) is 12.4. The van der Waals surface area contributed by atoms with E-state index in [2.05, 4.69) is 46.2 Å².